The molecular formula is C24H21N3O3S. The summed E-state index contributed by atoms with van der Waals surface area (Å²) in [6.45, 7) is 0.728. The van der Waals surface area contributed by atoms with Gasteiger partial charge in [0.25, 0.3) is 5.91 Å². The Hall–Kier alpha value is -3.47. The molecule has 6 nitrogen and oxygen atoms in total. The molecule has 1 aromatic heterocycles. The maximum Gasteiger partial charge on any atom is 0.254 e. The first-order valence-electron chi connectivity index (χ1n) is 9.88. The molecule has 2 unspecified atom stereocenters. The number of amides is 2. The molecule has 1 aliphatic rings. The van der Waals surface area contributed by atoms with Gasteiger partial charge in [-0.2, -0.15) is 5.26 Å². The van der Waals surface area contributed by atoms with Crippen LogP contribution < -0.4 is 5.32 Å². The van der Waals surface area contributed by atoms with Crippen molar-refractivity contribution in [2.45, 2.75) is 12.0 Å². The number of hydrogen-bond acceptors (Lipinski definition) is 5. The molecule has 0 radical (unpaired) electrons. The third-order valence-electron chi connectivity index (χ3n) is 5.40. The molecule has 3 aromatic rings. The van der Waals surface area contributed by atoms with E-state index in [2.05, 4.69) is 11.4 Å². The maximum atomic E-state index is 13.6. The molecule has 1 N–H and O–H groups in total. The summed E-state index contributed by atoms with van der Waals surface area (Å²) in [7, 11) is 1.59. The molecule has 7 heteroatoms. The van der Waals surface area contributed by atoms with Crippen LogP contribution >= 0.6 is 11.3 Å². The van der Waals surface area contributed by atoms with Crippen LogP contribution in [0.15, 0.2) is 66.0 Å². The van der Waals surface area contributed by atoms with E-state index in [4.69, 9.17) is 4.74 Å². The Balaban J connectivity index is 1.81. The van der Waals surface area contributed by atoms with Gasteiger partial charge >= 0.3 is 0 Å². The number of anilines is 1. The first-order valence-corrected chi connectivity index (χ1v) is 10.8. The molecule has 4 rings (SSSR count). The van der Waals surface area contributed by atoms with Crippen LogP contribution in [0, 0.1) is 11.3 Å². The molecule has 156 valence electrons. The van der Waals surface area contributed by atoms with Gasteiger partial charge in [-0.15, -0.1) is 11.3 Å². The summed E-state index contributed by atoms with van der Waals surface area (Å²) < 4.78 is 5.24. The number of fused-ring (bicyclic) bond motifs is 1. The van der Waals surface area contributed by atoms with Gasteiger partial charge < -0.3 is 15.0 Å². The molecule has 0 bridgehead atoms. The Morgan fingerprint density at radius 1 is 1.16 bits per heavy atom. The minimum atomic E-state index is -0.629. The Kier molecular flexibility index (Phi) is 6.12. The van der Waals surface area contributed by atoms with Crippen LogP contribution in [0.1, 0.15) is 38.3 Å². The predicted molar refractivity (Wildman–Crippen MR) is 119 cm³/mol. The number of thiophene rings is 1. The molecule has 2 heterocycles. The third kappa shape index (κ3) is 3.96. The van der Waals surface area contributed by atoms with Crippen LogP contribution in [0.2, 0.25) is 0 Å². The standard InChI is InChI=1S/C24H21N3O3S/c1-30-13-12-27-22(20-11-6-14-31-20)21(17-8-3-4-9-18(17)24(27)29)23(28)26-19-10-5-2-7-16(19)15-25/h2-11,14,21-22H,12-13H2,1H3,(H,26,28). The highest BCUT2D eigenvalue weighted by Gasteiger charge is 2.44. The Bertz CT molecular complexity index is 1140. The van der Waals surface area contributed by atoms with Gasteiger partial charge in [0.1, 0.15) is 6.07 Å². The summed E-state index contributed by atoms with van der Waals surface area (Å²) in [5.41, 5.74) is 2.05. The van der Waals surface area contributed by atoms with Gasteiger partial charge in [-0.05, 0) is 35.2 Å². The lowest BCUT2D eigenvalue weighted by Gasteiger charge is -2.41. The monoisotopic (exact) mass is 431 g/mol. The first kappa shape index (κ1) is 20.8. The number of rotatable bonds is 6. The van der Waals surface area contributed by atoms with Crippen molar-refractivity contribution >= 4 is 28.8 Å². The Morgan fingerprint density at radius 2 is 1.94 bits per heavy atom. The normalized spacial score (nSPS) is 17.7. The summed E-state index contributed by atoms with van der Waals surface area (Å²) in [6, 6.07) is 19.6. The van der Waals surface area contributed by atoms with Crippen LogP contribution in [0.3, 0.4) is 0 Å². The average molecular weight is 432 g/mol. The van der Waals surface area contributed by atoms with Crippen LogP contribution in [0.25, 0.3) is 0 Å². The fraction of sp³-hybridized carbons (Fsp3) is 0.208. The van der Waals surface area contributed by atoms with Gasteiger partial charge in [-0.1, -0.05) is 36.4 Å². The number of carbonyl (C=O) groups is 2. The highest BCUT2D eigenvalue weighted by Crippen LogP contribution is 2.44. The number of methoxy groups -OCH3 is 1. The van der Waals surface area contributed by atoms with Gasteiger partial charge in [-0.25, -0.2) is 0 Å². The summed E-state index contributed by atoms with van der Waals surface area (Å²) in [4.78, 5) is 29.6. The predicted octanol–water partition coefficient (Wildman–Crippen LogP) is 4.19. The van der Waals surface area contributed by atoms with E-state index >= 15 is 0 Å². The fourth-order valence-electron chi connectivity index (χ4n) is 3.99. The van der Waals surface area contributed by atoms with E-state index in [-0.39, 0.29) is 11.8 Å². The molecule has 0 saturated carbocycles. The zero-order valence-electron chi connectivity index (χ0n) is 16.9. The van der Waals surface area contributed by atoms with E-state index < -0.39 is 12.0 Å². The molecule has 1 aliphatic heterocycles. The molecule has 2 amide bonds. The number of hydrogen-bond donors (Lipinski definition) is 1. The SMILES string of the molecule is COCCN1C(=O)c2ccccc2C(C(=O)Nc2ccccc2C#N)C1c1cccs1. The minimum Gasteiger partial charge on any atom is -0.383 e. The van der Waals surface area contributed by atoms with Gasteiger partial charge in [0, 0.05) is 24.1 Å². The van der Waals surface area contributed by atoms with E-state index in [1.165, 1.54) is 11.3 Å². The second kappa shape index (κ2) is 9.13. The molecular weight excluding hydrogens is 410 g/mol. The number of para-hydroxylation sites is 1. The van der Waals surface area contributed by atoms with E-state index in [1.54, 1.807) is 48.4 Å². The Morgan fingerprint density at radius 3 is 2.68 bits per heavy atom. The molecule has 0 fully saturated rings. The van der Waals surface area contributed by atoms with Gasteiger partial charge in [0.05, 0.1) is 29.8 Å². The zero-order chi connectivity index (χ0) is 21.8. The highest BCUT2D eigenvalue weighted by molar-refractivity contribution is 7.10. The average Bonchev–Trinajstić information content (AvgIpc) is 3.33. The molecule has 2 atom stereocenters. The second-order valence-electron chi connectivity index (χ2n) is 7.16. The lowest BCUT2D eigenvalue weighted by Crippen LogP contribution is -2.47. The van der Waals surface area contributed by atoms with Crippen molar-refractivity contribution < 1.29 is 14.3 Å². The molecule has 0 spiro atoms. The van der Waals surface area contributed by atoms with Crippen molar-refractivity contribution in [3.63, 3.8) is 0 Å². The van der Waals surface area contributed by atoms with Crippen molar-refractivity contribution in [2.75, 3.05) is 25.6 Å². The largest absolute Gasteiger partial charge is 0.383 e. The lowest BCUT2D eigenvalue weighted by atomic mass is 9.81. The number of nitriles is 1. The van der Waals surface area contributed by atoms with Crippen LogP contribution in [-0.4, -0.2) is 37.0 Å². The minimum absolute atomic E-state index is 0.118. The summed E-state index contributed by atoms with van der Waals surface area (Å²) in [6.07, 6.45) is 0. The summed E-state index contributed by atoms with van der Waals surface area (Å²) in [5, 5.41) is 14.3. The molecule has 0 saturated heterocycles. The zero-order valence-corrected chi connectivity index (χ0v) is 17.8. The number of carbonyl (C=O) groups excluding carboxylic acids is 2. The van der Waals surface area contributed by atoms with Crippen molar-refractivity contribution in [1.82, 2.24) is 4.90 Å². The van der Waals surface area contributed by atoms with E-state index in [9.17, 15) is 14.9 Å². The van der Waals surface area contributed by atoms with Crippen molar-refractivity contribution in [3.05, 3.63) is 87.6 Å². The highest BCUT2D eigenvalue weighted by atomic mass is 32.1. The maximum absolute atomic E-state index is 13.6. The third-order valence-corrected chi connectivity index (χ3v) is 6.34. The van der Waals surface area contributed by atoms with Crippen LogP contribution in [-0.2, 0) is 9.53 Å². The Labute approximate surface area is 184 Å². The smallest absolute Gasteiger partial charge is 0.254 e. The number of benzene rings is 2. The molecule has 31 heavy (non-hydrogen) atoms. The first-order chi connectivity index (χ1) is 15.2. The number of nitrogens with one attached hydrogen (secondary N) is 1. The quantitative estimate of drug-likeness (QED) is 0.635. The van der Waals surface area contributed by atoms with E-state index in [0.717, 1.165) is 4.88 Å². The van der Waals surface area contributed by atoms with E-state index in [1.807, 2.05) is 29.6 Å². The van der Waals surface area contributed by atoms with Crippen molar-refractivity contribution in [1.29, 1.82) is 5.26 Å². The van der Waals surface area contributed by atoms with Crippen LogP contribution in [0.4, 0.5) is 5.69 Å². The lowest BCUT2D eigenvalue weighted by molar-refractivity contribution is -0.119. The summed E-state index contributed by atoms with van der Waals surface area (Å²) >= 11 is 1.51. The molecule has 2 aromatic carbocycles. The van der Waals surface area contributed by atoms with Crippen molar-refractivity contribution in [2.24, 2.45) is 0 Å². The summed E-state index contributed by atoms with van der Waals surface area (Å²) in [5.74, 6) is -1.01. The van der Waals surface area contributed by atoms with Gasteiger partial charge in [0.15, 0.2) is 0 Å². The van der Waals surface area contributed by atoms with Crippen LogP contribution in [0.5, 0.6) is 0 Å². The van der Waals surface area contributed by atoms with Gasteiger partial charge in [0.2, 0.25) is 5.91 Å². The van der Waals surface area contributed by atoms with Gasteiger partial charge in [-0.3, -0.25) is 9.59 Å². The number of ether oxygens (including phenoxy) is 1. The number of nitrogens with zero attached hydrogens (tertiary/aromatic N) is 2. The molecule has 0 aliphatic carbocycles. The fourth-order valence-corrected chi connectivity index (χ4v) is 4.86. The topological polar surface area (TPSA) is 82.4 Å². The second-order valence-corrected chi connectivity index (χ2v) is 8.14. The van der Waals surface area contributed by atoms with E-state index in [0.29, 0.717) is 35.5 Å². The van der Waals surface area contributed by atoms with Crippen molar-refractivity contribution in [3.8, 4) is 6.07 Å².